The number of aromatic nitrogens is 3. The van der Waals surface area contributed by atoms with Gasteiger partial charge in [0.25, 0.3) is 5.56 Å². The summed E-state index contributed by atoms with van der Waals surface area (Å²) >= 11 is 3.45. The topological polar surface area (TPSA) is 66.0 Å². The highest BCUT2D eigenvalue weighted by Gasteiger charge is 2.10. The Labute approximate surface area is 136 Å². The van der Waals surface area contributed by atoms with E-state index in [9.17, 15) is 4.79 Å². The fraction of sp³-hybridized carbons (Fsp3) is 0.333. The maximum absolute atomic E-state index is 12.5. The minimum Gasteiger partial charge on any atom is -0.349 e. The molecule has 0 amide bonds. The van der Waals surface area contributed by atoms with Gasteiger partial charge in [-0.3, -0.25) is 4.79 Å². The van der Waals surface area contributed by atoms with Gasteiger partial charge >= 0.3 is 0 Å². The van der Waals surface area contributed by atoms with Crippen LogP contribution in [0.5, 0.6) is 0 Å². The molecule has 0 saturated heterocycles. The predicted octanol–water partition coefficient (Wildman–Crippen LogP) is 2.14. The SMILES string of the molecule is CN(C)CCCNn1cnc2c([nH]c3ccc(Br)cc32)c1=O. The summed E-state index contributed by atoms with van der Waals surface area (Å²) in [6.07, 6.45) is 2.51. The smallest absolute Gasteiger partial charge is 0.296 e. The zero-order chi connectivity index (χ0) is 15.7. The highest BCUT2D eigenvalue weighted by atomic mass is 79.9. The fourth-order valence-corrected chi connectivity index (χ4v) is 2.80. The van der Waals surface area contributed by atoms with E-state index < -0.39 is 0 Å². The van der Waals surface area contributed by atoms with Gasteiger partial charge in [0.15, 0.2) is 0 Å². The van der Waals surface area contributed by atoms with Crippen molar-refractivity contribution in [3.05, 3.63) is 39.4 Å². The molecule has 0 aliphatic carbocycles. The van der Waals surface area contributed by atoms with Crippen LogP contribution in [0.1, 0.15) is 6.42 Å². The third-order valence-corrected chi connectivity index (χ3v) is 4.03. The van der Waals surface area contributed by atoms with Crippen molar-refractivity contribution < 1.29 is 0 Å². The quantitative estimate of drug-likeness (QED) is 0.681. The van der Waals surface area contributed by atoms with Gasteiger partial charge in [-0.05, 0) is 45.3 Å². The van der Waals surface area contributed by atoms with E-state index in [1.807, 2.05) is 32.3 Å². The molecular formula is C15H18BrN5O. The fourth-order valence-electron chi connectivity index (χ4n) is 2.43. The Balaban J connectivity index is 1.92. The number of hydrogen-bond donors (Lipinski definition) is 2. The van der Waals surface area contributed by atoms with Gasteiger partial charge < -0.3 is 15.3 Å². The standard InChI is InChI=1S/C15H18BrN5O/c1-20(2)7-3-6-18-21-9-17-13-11-8-10(16)4-5-12(11)19-14(13)15(21)22/h4-5,8-9,18-19H,3,6-7H2,1-2H3. The van der Waals surface area contributed by atoms with Gasteiger partial charge in [-0.1, -0.05) is 15.9 Å². The van der Waals surface area contributed by atoms with Crippen molar-refractivity contribution in [3.8, 4) is 0 Å². The minimum atomic E-state index is -0.109. The average molecular weight is 364 g/mol. The van der Waals surface area contributed by atoms with Crippen LogP contribution in [-0.4, -0.2) is 46.7 Å². The van der Waals surface area contributed by atoms with Crippen molar-refractivity contribution in [2.24, 2.45) is 0 Å². The summed E-state index contributed by atoms with van der Waals surface area (Å²) in [5, 5.41) is 0.946. The molecule has 1 aromatic carbocycles. The van der Waals surface area contributed by atoms with Crippen molar-refractivity contribution >= 4 is 37.9 Å². The molecule has 2 heterocycles. The highest BCUT2D eigenvalue weighted by Crippen LogP contribution is 2.24. The summed E-state index contributed by atoms with van der Waals surface area (Å²) in [5.41, 5.74) is 5.13. The third-order valence-electron chi connectivity index (χ3n) is 3.53. The first-order valence-electron chi connectivity index (χ1n) is 7.13. The van der Waals surface area contributed by atoms with Crippen LogP contribution in [-0.2, 0) is 0 Å². The van der Waals surface area contributed by atoms with Gasteiger partial charge in [0.05, 0.1) is 0 Å². The van der Waals surface area contributed by atoms with E-state index in [1.165, 1.54) is 4.68 Å². The number of fused-ring (bicyclic) bond motifs is 3. The number of aromatic amines is 1. The number of hydrogen-bond acceptors (Lipinski definition) is 4. The van der Waals surface area contributed by atoms with Crippen LogP contribution in [0.25, 0.3) is 21.9 Å². The zero-order valence-electron chi connectivity index (χ0n) is 12.6. The molecule has 0 atom stereocenters. The lowest BCUT2D eigenvalue weighted by molar-refractivity contribution is 0.402. The van der Waals surface area contributed by atoms with E-state index in [0.29, 0.717) is 11.0 Å². The zero-order valence-corrected chi connectivity index (χ0v) is 14.1. The summed E-state index contributed by atoms with van der Waals surface area (Å²) in [5.74, 6) is 0. The first kappa shape index (κ1) is 15.1. The van der Waals surface area contributed by atoms with Crippen LogP contribution in [0.3, 0.4) is 0 Å². The molecule has 3 rings (SSSR count). The summed E-state index contributed by atoms with van der Waals surface area (Å²) < 4.78 is 2.41. The Morgan fingerprint density at radius 1 is 1.41 bits per heavy atom. The molecule has 0 aliphatic heterocycles. The normalized spacial score (nSPS) is 11.6. The van der Waals surface area contributed by atoms with E-state index >= 15 is 0 Å². The van der Waals surface area contributed by atoms with E-state index in [4.69, 9.17) is 0 Å². The molecule has 22 heavy (non-hydrogen) atoms. The lowest BCUT2D eigenvalue weighted by atomic mass is 10.2. The average Bonchev–Trinajstić information content (AvgIpc) is 2.84. The molecule has 2 aromatic heterocycles. The van der Waals surface area contributed by atoms with E-state index in [0.717, 1.165) is 34.9 Å². The summed E-state index contributed by atoms with van der Waals surface area (Å²) in [6.45, 7) is 1.69. The van der Waals surface area contributed by atoms with Gasteiger partial charge in [-0.15, -0.1) is 0 Å². The molecule has 2 N–H and O–H groups in total. The first-order chi connectivity index (χ1) is 10.6. The van der Waals surface area contributed by atoms with Gasteiger partial charge in [0, 0.05) is 21.9 Å². The molecule has 116 valence electrons. The van der Waals surface area contributed by atoms with Gasteiger partial charge in [0.2, 0.25) is 0 Å². The Hall–Kier alpha value is -1.86. The lowest BCUT2D eigenvalue weighted by Gasteiger charge is -2.11. The molecule has 0 spiro atoms. The van der Waals surface area contributed by atoms with Crippen LogP contribution in [0.15, 0.2) is 33.8 Å². The summed E-state index contributed by atoms with van der Waals surface area (Å²) in [7, 11) is 4.06. The second-order valence-corrected chi connectivity index (χ2v) is 6.44. The molecule has 0 saturated carbocycles. The van der Waals surface area contributed by atoms with Crippen molar-refractivity contribution in [2.45, 2.75) is 6.42 Å². The van der Waals surface area contributed by atoms with E-state index in [-0.39, 0.29) is 5.56 Å². The minimum absolute atomic E-state index is 0.109. The predicted molar refractivity (Wildman–Crippen MR) is 93.0 cm³/mol. The molecular weight excluding hydrogens is 346 g/mol. The third kappa shape index (κ3) is 2.86. The number of halogens is 1. The largest absolute Gasteiger partial charge is 0.349 e. The molecule has 0 aliphatic rings. The van der Waals surface area contributed by atoms with Gasteiger partial charge in [-0.2, -0.15) is 0 Å². The maximum atomic E-state index is 12.5. The number of nitrogens with zero attached hydrogens (tertiary/aromatic N) is 3. The number of rotatable bonds is 5. The van der Waals surface area contributed by atoms with Crippen molar-refractivity contribution in [1.29, 1.82) is 0 Å². The van der Waals surface area contributed by atoms with Gasteiger partial charge in [0.1, 0.15) is 17.4 Å². The van der Waals surface area contributed by atoms with Crippen molar-refractivity contribution in [1.82, 2.24) is 19.5 Å². The Morgan fingerprint density at radius 3 is 3.00 bits per heavy atom. The van der Waals surface area contributed by atoms with Crippen LogP contribution < -0.4 is 11.0 Å². The van der Waals surface area contributed by atoms with Crippen LogP contribution >= 0.6 is 15.9 Å². The second kappa shape index (κ2) is 6.10. The second-order valence-electron chi connectivity index (χ2n) is 5.52. The number of H-pyrrole nitrogens is 1. The van der Waals surface area contributed by atoms with Crippen molar-refractivity contribution in [3.63, 3.8) is 0 Å². The van der Waals surface area contributed by atoms with Crippen LogP contribution in [0.2, 0.25) is 0 Å². The molecule has 3 aromatic rings. The Morgan fingerprint density at radius 2 is 2.23 bits per heavy atom. The van der Waals surface area contributed by atoms with Crippen LogP contribution in [0, 0.1) is 0 Å². The molecule has 0 fully saturated rings. The monoisotopic (exact) mass is 363 g/mol. The molecule has 0 unspecified atom stereocenters. The van der Waals surface area contributed by atoms with E-state index in [1.54, 1.807) is 6.33 Å². The molecule has 7 heteroatoms. The number of nitrogens with one attached hydrogen (secondary N) is 2. The maximum Gasteiger partial charge on any atom is 0.296 e. The first-order valence-corrected chi connectivity index (χ1v) is 7.93. The number of benzene rings is 1. The Bertz CT molecular complexity index is 867. The molecule has 0 radical (unpaired) electrons. The molecule has 0 bridgehead atoms. The van der Waals surface area contributed by atoms with Gasteiger partial charge in [-0.25, -0.2) is 9.66 Å². The lowest BCUT2D eigenvalue weighted by Crippen LogP contribution is -2.31. The van der Waals surface area contributed by atoms with E-state index in [2.05, 4.69) is 36.2 Å². The van der Waals surface area contributed by atoms with Crippen molar-refractivity contribution in [2.75, 3.05) is 32.6 Å². The summed E-state index contributed by atoms with van der Waals surface area (Å²) in [4.78, 5) is 22.2. The van der Waals surface area contributed by atoms with Crippen LogP contribution in [0.4, 0.5) is 0 Å². The molecule has 6 nitrogen and oxygen atoms in total. The Kier molecular flexibility index (Phi) is 4.17. The summed E-state index contributed by atoms with van der Waals surface area (Å²) in [6, 6.07) is 5.85. The highest BCUT2D eigenvalue weighted by molar-refractivity contribution is 9.10.